The summed E-state index contributed by atoms with van der Waals surface area (Å²) in [5.41, 5.74) is 2.37. The Morgan fingerprint density at radius 1 is 1.03 bits per heavy atom. The smallest absolute Gasteiger partial charge is 0.283 e. The summed E-state index contributed by atoms with van der Waals surface area (Å²) in [5.74, 6) is -0.495. The van der Waals surface area contributed by atoms with Crippen molar-refractivity contribution in [3.05, 3.63) is 105 Å². The Morgan fingerprint density at radius 2 is 1.74 bits per heavy atom. The highest BCUT2D eigenvalue weighted by Crippen LogP contribution is 2.37. The molecule has 0 saturated carbocycles. The Labute approximate surface area is 222 Å². The molecule has 3 aromatic carbocycles. The minimum Gasteiger partial charge on any atom is -0.349 e. The van der Waals surface area contributed by atoms with Crippen molar-refractivity contribution in [1.29, 1.82) is 0 Å². The summed E-state index contributed by atoms with van der Waals surface area (Å²) in [6.45, 7) is 1.92. The highest BCUT2D eigenvalue weighted by Gasteiger charge is 2.34. The number of carbonyl (C=O) groups excluding carboxylic acids is 2. The molecular formula is C26H20Cl3N3O2S. The van der Waals surface area contributed by atoms with Crippen LogP contribution in [0.4, 0.5) is 5.69 Å². The molecule has 3 aromatic rings. The van der Waals surface area contributed by atoms with Crippen LogP contribution in [0.5, 0.6) is 0 Å². The van der Waals surface area contributed by atoms with Gasteiger partial charge in [-0.25, -0.2) is 4.99 Å². The third-order valence-electron chi connectivity index (χ3n) is 5.18. The van der Waals surface area contributed by atoms with Crippen LogP contribution in [0.25, 0.3) is 6.08 Å². The molecule has 0 spiro atoms. The third kappa shape index (κ3) is 6.08. The molecule has 0 fully saturated rings. The van der Waals surface area contributed by atoms with Gasteiger partial charge in [0, 0.05) is 5.02 Å². The molecule has 1 N–H and O–H groups in total. The second kappa shape index (κ2) is 11.3. The first-order valence-corrected chi connectivity index (χ1v) is 12.8. The number of benzene rings is 3. The molecule has 1 aliphatic heterocycles. The quantitative estimate of drug-likeness (QED) is 0.340. The van der Waals surface area contributed by atoms with Crippen LogP contribution >= 0.6 is 46.6 Å². The van der Waals surface area contributed by atoms with Crippen LogP contribution in [0.2, 0.25) is 15.1 Å². The number of nitrogens with zero attached hydrogens (tertiary/aromatic N) is 2. The van der Waals surface area contributed by atoms with Crippen molar-refractivity contribution in [3.8, 4) is 0 Å². The van der Waals surface area contributed by atoms with Crippen LogP contribution in [0.15, 0.2) is 83.5 Å². The Kier molecular flexibility index (Phi) is 8.19. The highest BCUT2D eigenvalue weighted by molar-refractivity contribution is 8.14. The monoisotopic (exact) mass is 543 g/mol. The van der Waals surface area contributed by atoms with Crippen LogP contribution in [0.1, 0.15) is 24.1 Å². The maximum absolute atomic E-state index is 13.4. The van der Waals surface area contributed by atoms with E-state index in [1.807, 2.05) is 37.3 Å². The second-order valence-electron chi connectivity index (χ2n) is 7.68. The first-order chi connectivity index (χ1) is 16.8. The van der Waals surface area contributed by atoms with Gasteiger partial charge in [0.05, 0.1) is 27.5 Å². The molecular weight excluding hydrogens is 525 g/mol. The lowest BCUT2D eigenvalue weighted by Crippen LogP contribution is -2.33. The second-order valence-corrected chi connectivity index (χ2v) is 9.84. The lowest BCUT2D eigenvalue weighted by atomic mass is 10.1. The summed E-state index contributed by atoms with van der Waals surface area (Å²) in [6, 6.07) is 21.6. The number of nitrogens with one attached hydrogen (secondary N) is 1. The molecule has 178 valence electrons. The maximum Gasteiger partial charge on any atom is 0.283 e. The number of rotatable bonds is 6. The topological polar surface area (TPSA) is 61.8 Å². The minimum atomic E-state index is -0.371. The first kappa shape index (κ1) is 25.3. The van der Waals surface area contributed by atoms with E-state index >= 15 is 0 Å². The number of thioether (sulfide) groups is 1. The molecule has 9 heteroatoms. The molecule has 0 radical (unpaired) electrons. The van der Waals surface area contributed by atoms with Gasteiger partial charge in [-0.3, -0.25) is 14.5 Å². The Balaban J connectivity index is 1.57. The standard InChI is InChI=1S/C26H20Cl3N3O2S/c1-16(18-6-3-2-4-7-18)30-23(33)15-35-26-31-21(14-17-10-12-19(27)13-11-17)25(34)32(26)22-9-5-8-20(28)24(22)29/h2-14,16H,15H2,1H3,(H,30,33)/b21-14-. The van der Waals surface area contributed by atoms with Gasteiger partial charge in [-0.2, -0.15) is 0 Å². The summed E-state index contributed by atoms with van der Waals surface area (Å²) in [4.78, 5) is 31.9. The predicted octanol–water partition coefficient (Wildman–Crippen LogP) is 7.00. The molecule has 1 aliphatic rings. The number of anilines is 1. The number of carbonyl (C=O) groups is 2. The molecule has 0 saturated heterocycles. The number of hydrogen-bond acceptors (Lipinski definition) is 4. The van der Waals surface area contributed by atoms with Crippen LogP contribution in [-0.4, -0.2) is 22.7 Å². The molecule has 1 heterocycles. The fourth-order valence-electron chi connectivity index (χ4n) is 3.43. The van der Waals surface area contributed by atoms with Crippen LogP contribution in [0, 0.1) is 0 Å². The van der Waals surface area contributed by atoms with Crippen molar-refractivity contribution in [2.75, 3.05) is 10.7 Å². The summed E-state index contributed by atoms with van der Waals surface area (Å²) in [5, 5.41) is 4.43. The summed E-state index contributed by atoms with van der Waals surface area (Å²) in [7, 11) is 0. The third-order valence-corrected chi connectivity index (χ3v) is 7.18. The van der Waals surface area contributed by atoms with Crippen molar-refractivity contribution in [3.63, 3.8) is 0 Å². The van der Waals surface area contributed by atoms with Crippen LogP contribution in [0.3, 0.4) is 0 Å². The highest BCUT2D eigenvalue weighted by atomic mass is 35.5. The zero-order valence-electron chi connectivity index (χ0n) is 18.5. The van der Waals surface area contributed by atoms with E-state index in [-0.39, 0.29) is 34.3 Å². The normalized spacial score (nSPS) is 15.3. The SMILES string of the molecule is CC(NC(=O)CSC1=N/C(=C\c2ccc(Cl)cc2)C(=O)N1c1cccc(Cl)c1Cl)c1ccccc1. The minimum absolute atomic E-state index is 0.0617. The molecule has 0 bridgehead atoms. The van der Waals surface area contributed by atoms with Crippen molar-refractivity contribution < 1.29 is 9.59 Å². The number of amidine groups is 1. The van der Waals surface area contributed by atoms with Gasteiger partial charge in [0.1, 0.15) is 5.70 Å². The molecule has 0 aliphatic carbocycles. The Hall–Kier alpha value is -2.77. The number of hydrogen-bond donors (Lipinski definition) is 1. The van der Waals surface area contributed by atoms with Crippen LogP contribution in [-0.2, 0) is 9.59 Å². The Morgan fingerprint density at radius 3 is 2.46 bits per heavy atom. The van der Waals surface area contributed by atoms with E-state index < -0.39 is 0 Å². The van der Waals surface area contributed by atoms with Gasteiger partial charge in [0.25, 0.3) is 5.91 Å². The summed E-state index contributed by atoms with van der Waals surface area (Å²) >= 11 is 19.7. The Bertz CT molecular complexity index is 1310. The predicted molar refractivity (Wildman–Crippen MR) is 146 cm³/mol. The molecule has 1 atom stereocenters. The number of aliphatic imine (C=N–C) groups is 1. The molecule has 1 unspecified atom stereocenters. The van der Waals surface area contributed by atoms with Crippen LogP contribution < -0.4 is 10.2 Å². The van der Waals surface area contributed by atoms with Crippen molar-refractivity contribution >= 4 is 75.3 Å². The van der Waals surface area contributed by atoms with Crippen molar-refractivity contribution in [2.45, 2.75) is 13.0 Å². The van der Waals surface area contributed by atoms with E-state index in [2.05, 4.69) is 10.3 Å². The zero-order valence-corrected chi connectivity index (χ0v) is 21.6. The fraction of sp³-hybridized carbons (Fsp3) is 0.115. The van der Waals surface area contributed by atoms with Gasteiger partial charge in [0.2, 0.25) is 5.91 Å². The van der Waals surface area contributed by atoms with E-state index in [0.717, 1.165) is 22.9 Å². The van der Waals surface area contributed by atoms with E-state index in [1.54, 1.807) is 48.5 Å². The van der Waals surface area contributed by atoms with E-state index in [9.17, 15) is 9.59 Å². The van der Waals surface area contributed by atoms with E-state index in [4.69, 9.17) is 34.8 Å². The van der Waals surface area contributed by atoms with Gasteiger partial charge < -0.3 is 5.32 Å². The van der Waals surface area contributed by atoms with Gasteiger partial charge in [-0.05, 0) is 48.4 Å². The average Bonchev–Trinajstić information content (AvgIpc) is 3.16. The molecule has 0 aromatic heterocycles. The molecule has 2 amide bonds. The fourth-order valence-corrected chi connectivity index (χ4v) is 4.75. The summed E-state index contributed by atoms with van der Waals surface area (Å²) < 4.78 is 0. The maximum atomic E-state index is 13.4. The molecule has 35 heavy (non-hydrogen) atoms. The largest absolute Gasteiger partial charge is 0.349 e. The lowest BCUT2D eigenvalue weighted by Gasteiger charge is -2.20. The average molecular weight is 545 g/mol. The first-order valence-electron chi connectivity index (χ1n) is 10.6. The number of amides is 2. The zero-order chi connectivity index (χ0) is 24.9. The summed E-state index contributed by atoms with van der Waals surface area (Å²) in [6.07, 6.45) is 1.66. The van der Waals surface area contributed by atoms with Gasteiger partial charge >= 0.3 is 0 Å². The van der Waals surface area contributed by atoms with Gasteiger partial charge in [-0.15, -0.1) is 0 Å². The van der Waals surface area contributed by atoms with E-state index in [0.29, 0.717) is 20.9 Å². The number of halogens is 3. The molecule has 5 nitrogen and oxygen atoms in total. The van der Waals surface area contributed by atoms with Gasteiger partial charge in [0.15, 0.2) is 5.17 Å². The molecule has 4 rings (SSSR count). The van der Waals surface area contributed by atoms with Crippen molar-refractivity contribution in [1.82, 2.24) is 5.32 Å². The van der Waals surface area contributed by atoms with E-state index in [1.165, 1.54) is 4.90 Å². The lowest BCUT2D eigenvalue weighted by molar-refractivity contribution is -0.119. The van der Waals surface area contributed by atoms with Gasteiger partial charge in [-0.1, -0.05) is 95.1 Å². The van der Waals surface area contributed by atoms with Crippen molar-refractivity contribution in [2.24, 2.45) is 4.99 Å².